The van der Waals surface area contributed by atoms with E-state index in [0.29, 0.717) is 6.54 Å². The molecule has 0 fully saturated rings. The highest BCUT2D eigenvalue weighted by molar-refractivity contribution is 5.82. The molecule has 0 heterocycles. The molecule has 0 spiro atoms. The maximum Gasteiger partial charge on any atom is 0.323 e. The van der Waals surface area contributed by atoms with E-state index in [2.05, 4.69) is 0 Å². The van der Waals surface area contributed by atoms with Crippen LogP contribution in [0.3, 0.4) is 0 Å². The van der Waals surface area contributed by atoms with Gasteiger partial charge in [-0.1, -0.05) is 30.3 Å². The molecule has 0 aliphatic heterocycles. The average molecular weight is 320 g/mol. The molecule has 126 valence electrons. The van der Waals surface area contributed by atoms with Crippen LogP contribution >= 0.6 is 0 Å². The maximum atomic E-state index is 12.2. The van der Waals surface area contributed by atoms with E-state index in [9.17, 15) is 14.4 Å². The first-order chi connectivity index (χ1) is 10.8. The molecule has 0 unspecified atom stereocenters. The second kappa shape index (κ2) is 8.92. The molecule has 1 aromatic rings. The lowest BCUT2D eigenvalue weighted by atomic mass is 10.2. The molecule has 6 heteroatoms. The normalized spacial score (nSPS) is 10.4. The first-order valence-electron chi connectivity index (χ1n) is 7.62. The number of carboxylic acids is 1. The van der Waals surface area contributed by atoms with Gasteiger partial charge >= 0.3 is 5.97 Å². The Morgan fingerprint density at radius 3 is 2.22 bits per heavy atom. The molecule has 0 radical (unpaired) electrons. The second-order valence-electron chi connectivity index (χ2n) is 5.69. The predicted molar refractivity (Wildman–Crippen MR) is 86.6 cm³/mol. The highest BCUT2D eigenvalue weighted by atomic mass is 16.4. The highest BCUT2D eigenvalue weighted by Gasteiger charge is 2.21. The van der Waals surface area contributed by atoms with E-state index in [0.717, 1.165) is 5.56 Å². The largest absolute Gasteiger partial charge is 0.480 e. The molecule has 1 aromatic carbocycles. The second-order valence-corrected chi connectivity index (χ2v) is 5.69. The lowest BCUT2D eigenvalue weighted by Crippen LogP contribution is -2.42. The van der Waals surface area contributed by atoms with Crippen LogP contribution in [-0.2, 0) is 20.9 Å². The van der Waals surface area contributed by atoms with Crippen molar-refractivity contribution in [3.8, 4) is 0 Å². The number of rotatable bonds is 8. The summed E-state index contributed by atoms with van der Waals surface area (Å²) in [4.78, 5) is 37.7. The first kappa shape index (κ1) is 18.7. The van der Waals surface area contributed by atoms with Crippen LogP contribution in [0.4, 0.5) is 0 Å². The maximum absolute atomic E-state index is 12.2. The Hall–Kier alpha value is -2.37. The van der Waals surface area contributed by atoms with Crippen LogP contribution in [0.5, 0.6) is 0 Å². The van der Waals surface area contributed by atoms with Crippen LogP contribution in [-0.4, -0.2) is 51.8 Å². The Labute approximate surface area is 136 Å². The third-order valence-electron chi connectivity index (χ3n) is 3.51. The fraction of sp³-hybridized carbons (Fsp3) is 0.471. The zero-order chi connectivity index (χ0) is 17.4. The third kappa shape index (κ3) is 6.50. The summed E-state index contributed by atoms with van der Waals surface area (Å²) in [6.45, 7) is 5.39. The smallest absolute Gasteiger partial charge is 0.323 e. The Morgan fingerprint density at radius 2 is 1.74 bits per heavy atom. The van der Waals surface area contributed by atoms with Crippen molar-refractivity contribution in [1.82, 2.24) is 9.80 Å². The number of amides is 2. The minimum atomic E-state index is -1.04. The first-order valence-corrected chi connectivity index (χ1v) is 7.62. The summed E-state index contributed by atoms with van der Waals surface area (Å²) in [5.74, 6) is -1.42. The number of hydrogen-bond donors (Lipinski definition) is 1. The molecule has 0 saturated heterocycles. The average Bonchev–Trinajstić information content (AvgIpc) is 2.49. The third-order valence-corrected chi connectivity index (χ3v) is 3.51. The number of carbonyl (C=O) groups is 3. The number of aliphatic carboxylic acids is 1. The molecular weight excluding hydrogens is 296 g/mol. The zero-order valence-corrected chi connectivity index (χ0v) is 13.9. The molecule has 6 nitrogen and oxygen atoms in total. The van der Waals surface area contributed by atoms with Crippen molar-refractivity contribution in [2.24, 2.45) is 0 Å². The summed E-state index contributed by atoms with van der Waals surface area (Å²) in [5, 5.41) is 8.88. The van der Waals surface area contributed by atoms with Gasteiger partial charge in [0, 0.05) is 32.5 Å². The number of hydrogen-bond acceptors (Lipinski definition) is 3. The summed E-state index contributed by atoms with van der Waals surface area (Å²) in [6, 6.07) is 9.33. The van der Waals surface area contributed by atoms with Gasteiger partial charge in [0.15, 0.2) is 0 Å². The van der Waals surface area contributed by atoms with Gasteiger partial charge < -0.3 is 14.9 Å². The number of nitrogens with zero attached hydrogens (tertiary/aromatic N) is 2. The topological polar surface area (TPSA) is 77.9 Å². The SMILES string of the molecule is CC(=O)N(CCC(=O)N(CC(=O)O)C(C)C)Cc1ccccc1. The molecule has 2 amide bonds. The van der Waals surface area contributed by atoms with Crippen LogP contribution in [0.2, 0.25) is 0 Å². The van der Waals surface area contributed by atoms with Gasteiger partial charge in [0.1, 0.15) is 6.54 Å². The molecule has 0 aromatic heterocycles. The number of benzene rings is 1. The summed E-state index contributed by atoms with van der Waals surface area (Å²) < 4.78 is 0. The van der Waals surface area contributed by atoms with E-state index in [1.807, 2.05) is 30.3 Å². The van der Waals surface area contributed by atoms with E-state index in [-0.39, 0.29) is 37.4 Å². The monoisotopic (exact) mass is 320 g/mol. The van der Waals surface area contributed by atoms with E-state index >= 15 is 0 Å². The predicted octanol–water partition coefficient (Wildman–Crippen LogP) is 1.75. The lowest BCUT2D eigenvalue weighted by Gasteiger charge is -2.27. The minimum Gasteiger partial charge on any atom is -0.480 e. The molecule has 0 saturated carbocycles. The van der Waals surface area contributed by atoms with Gasteiger partial charge in [0.25, 0.3) is 0 Å². The van der Waals surface area contributed by atoms with Gasteiger partial charge in [-0.05, 0) is 19.4 Å². The van der Waals surface area contributed by atoms with Crippen LogP contribution in [0, 0.1) is 0 Å². The van der Waals surface area contributed by atoms with Crippen LogP contribution in [0.1, 0.15) is 32.8 Å². The van der Waals surface area contributed by atoms with Crippen molar-refractivity contribution in [2.75, 3.05) is 13.1 Å². The fourth-order valence-electron chi connectivity index (χ4n) is 2.23. The molecular formula is C17H24N2O4. The molecule has 0 aliphatic rings. The van der Waals surface area contributed by atoms with Crippen molar-refractivity contribution in [3.05, 3.63) is 35.9 Å². The Kier molecular flexibility index (Phi) is 7.25. The summed E-state index contributed by atoms with van der Waals surface area (Å²) in [6.07, 6.45) is 0.109. The van der Waals surface area contributed by atoms with E-state index < -0.39 is 5.97 Å². The highest BCUT2D eigenvalue weighted by Crippen LogP contribution is 2.08. The molecule has 1 N–H and O–H groups in total. The van der Waals surface area contributed by atoms with Gasteiger partial charge in [-0.3, -0.25) is 14.4 Å². The van der Waals surface area contributed by atoms with E-state index in [1.165, 1.54) is 11.8 Å². The summed E-state index contributed by atoms with van der Waals surface area (Å²) in [7, 11) is 0. The van der Waals surface area contributed by atoms with Crippen molar-refractivity contribution in [1.29, 1.82) is 0 Å². The Morgan fingerprint density at radius 1 is 1.13 bits per heavy atom. The van der Waals surface area contributed by atoms with Gasteiger partial charge in [0.2, 0.25) is 11.8 Å². The van der Waals surface area contributed by atoms with Crippen molar-refractivity contribution in [3.63, 3.8) is 0 Å². The molecule has 0 bridgehead atoms. The minimum absolute atomic E-state index is 0.109. The van der Waals surface area contributed by atoms with Gasteiger partial charge in [-0.15, -0.1) is 0 Å². The van der Waals surface area contributed by atoms with Crippen LogP contribution in [0.25, 0.3) is 0 Å². The van der Waals surface area contributed by atoms with E-state index in [1.54, 1.807) is 18.7 Å². The van der Waals surface area contributed by atoms with Crippen molar-refractivity contribution in [2.45, 2.75) is 39.8 Å². The standard InChI is InChI=1S/C17H24N2O4/c1-13(2)19(12-17(22)23)16(21)9-10-18(14(3)20)11-15-7-5-4-6-8-15/h4-8,13H,9-12H2,1-3H3,(H,22,23). The summed E-state index contributed by atoms with van der Waals surface area (Å²) >= 11 is 0. The number of carbonyl (C=O) groups excluding carboxylic acids is 2. The van der Waals surface area contributed by atoms with Crippen LogP contribution in [0.15, 0.2) is 30.3 Å². The van der Waals surface area contributed by atoms with Gasteiger partial charge in [-0.2, -0.15) is 0 Å². The number of carboxylic acid groups (broad SMARTS) is 1. The molecule has 0 atom stereocenters. The van der Waals surface area contributed by atoms with E-state index in [4.69, 9.17) is 5.11 Å². The molecule has 0 aliphatic carbocycles. The van der Waals surface area contributed by atoms with Gasteiger partial charge in [0.05, 0.1) is 0 Å². The van der Waals surface area contributed by atoms with Crippen molar-refractivity contribution >= 4 is 17.8 Å². The van der Waals surface area contributed by atoms with Crippen LogP contribution < -0.4 is 0 Å². The Bertz CT molecular complexity index is 543. The summed E-state index contributed by atoms with van der Waals surface area (Å²) in [5.41, 5.74) is 0.987. The lowest BCUT2D eigenvalue weighted by molar-refractivity contribution is -0.146. The zero-order valence-electron chi connectivity index (χ0n) is 13.9. The Balaban J connectivity index is 2.65. The molecule has 1 rings (SSSR count). The fourth-order valence-corrected chi connectivity index (χ4v) is 2.23. The molecule has 23 heavy (non-hydrogen) atoms. The van der Waals surface area contributed by atoms with Crippen molar-refractivity contribution < 1.29 is 19.5 Å². The quantitative estimate of drug-likeness (QED) is 0.791. The van der Waals surface area contributed by atoms with Gasteiger partial charge in [-0.25, -0.2) is 0 Å².